The molecule has 3 aromatic rings. The highest BCUT2D eigenvalue weighted by Gasteiger charge is 2.30. The van der Waals surface area contributed by atoms with Crippen molar-refractivity contribution in [2.45, 2.75) is 18.4 Å². The molecule has 1 fully saturated rings. The number of tetrazole rings is 1. The van der Waals surface area contributed by atoms with E-state index in [0.29, 0.717) is 16.4 Å². The minimum absolute atomic E-state index is 0.0974. The zero-order valence-corrected chi connectivity index (χ0v) is 19.3. The van der Waals surface area contributed by atoms with Gasteiger partial charge in [-0.3, -0.25) is 9.59 Å². The third kappa shape index (κ3) is 5.10. The summed E-state index contributed by atoms with van der Waals surface area (Å²) >= 11 is 5.88. The number of carbonyl (C=O) groups excluding carboxylic acids is 2. The number of carbonyl (C=O) groups is 2. The van der Waals surface area contributed by atoms with Crippen LogP contribution >= 0.6 is 11.6 Å². The van der Waals surface area contributed by atoms with Gasteiger partial charge >= 0.3 is 0 Å². The SMILES string of the molecule is CC(=O)c1ccc(S(=O)(=O)N2CCN(C(=O)Cn3nnc(-c4ccc(Cl)cc4)n3)CC2)cc1. The molecular weight excluding hydrogens is 468 g/mol. The van der Waals surface area contributed by atoms with Gasteiger partial charge in [0.05, 0.1) is 4.90 Å². The zero-order valence-electron chi connectivity index (χ0n) is 17.8. The summed E-state index contributed by atoms with van der Waals surface area (Å²) in [5.74, 6) is 0.0253. The van der Waals surface area contributed by atoms with Crippen LogP contribution in [0.25, 0.3) is 11.4 Å². The lowest BCUT2D eigenvalue weighted by atomic mass is 10.2. The Morgan fingerprint density at radius 2 is 1.61 bits per heavy atom. The molecule has 0 radical (unpaired) electrons. The van der Waals surface area contributed by atoms with E-state index >= 15 is 0 Å². The average Bonchev–Trinajstić information content (AvgIpc) is 3.28. The summed E-state index contributed by atoms with van der Waals surface area (Å²) in [7, 11) is -3.71. The van der Waals surface area contributed by atoms with E-state index in [1.165, 1.54) is 40.3 Å². The van der Waals surface area contributed by atoms with Gasteiger partial charge in [0.2, 0.25) is 21.8 Å². The number of sulfonamides is 1. The molecule has 1 saturated heterocycles. The smallest absolute Gasteiger partial charge is 0.246 e. The van der Waals surface area contributed by atoms with Crippen LogP contribution in [0.1, 0.15) is 17.3 Å². The lowest BCUT2D eigenvalue weighted by Crippen LogP contribution is -2.51. The summed E-state index contributed by atoms with van der Waals surface area (Å²) in [6, 6.07) is 12.8. The fourth-order valence-electron chi connectivity index (χ4n) is 3.43. The Morgan fingerprint density at radius 3 is 2.21 bits per heavy atom. The van der Waals surface area contributed by atoms with E-state index in [1.807, 2.05) is 0 Å². The second-order valence-electron chi connectivity index (χ2n) is 7.52. The normalized spacial score (nSPS) is 14.9. The highest BCUT2D eigenvalue weighted by atomic mass is 35.5. The molecule has 0 spiro atoms. The Morgan fingerprint density at radius 1 is 0.970 bits per heavy atom. The molecule has 12 heteroatoms. The number of Topliss-reactive ketones (excluding diaryl/α,β-unsaturated/α-hetero) is 1. The molecule has 1 aliphatic heterocycles. The number of amides is 1. The molecule has 10 nitrogen and oxygen atoms in total. The maximum absolute atomic E-state index is 12.9. The fraction of sp³-hybridized carbons (Fsp3) is 0.286. The number of aromatic nitrogens is 4. The van der Waals surface area contributed by atoms with Gasteiger partial charge < -0.3 is 4.90 Å². The second kappa shape index (κ2) is 9.38. The third-order valence-electron chi connectivity index (χ3n) is 5.32. The molecule has 1 aromatic heterocycles. The number of hydrogen-bond donors (Lipinski definition) is 0. The molecule has 0 atom stereocenters. The van der Waals surface area contributed by atoms with E-state index < -0.39 is 10.0 Å². The van der Waals surface area contributed by atoms with Crippen LogP contribution in [0.15, 0.2) is 53.4 Å². The van der Waals surface area contributed by atoms with Crippen molar-refractivity contribution in [3.8, 4) is 11.4 Å². The third-order valence-corrected chi connectivity index (χ3v) is 7.49. The molecule has 172 valence electrons. The minimum Gasteiger partial charge on any atom is -0.338 e. The first-order chi connectivity index (χ1) is 15.7. The molecule has 1 amide bonds. The van der Waals surface area contributed by atoms with E-state index in [9.17, 15) is 18.0 Å². The molecule has 0 N–H and O–H groups in total. The number of hydrogen-bond acceptors (Lipinski definition) is 7. The lowest BCUT2D eigenvalue weighted by molar-refractivity contribution is -0.133. The van der Waals surface area contributed by atoms with Gasteiger partial charge in [-0.05, 0) is 48.5 Å². The van der Waals surface area contributed by atoms with Crippen LogP contribution in [0.5, 0.6) is 0 Å². The quantitative estimate of drug-likeness (QED) is 0.485. The molecule has 0 unspecified atom stereocenters. The van der Waals surface area contributed by atoms with E-state index in [4.69, 9.17) is 11.6 Å². The largest absolute Gasteiger partial charge is 0.338 e. The summed E-state index contributed by atoms with van der Waals surface area (Å²) in [5.41, 5.74) is 1.18. The van der Waals surface area contributed by atoms with Crippen molar-refractivity contribution in [2.75, 3.05) is 26.2 Å². The van der Waals surface area contributed by atoms with Gasteiger partial charge in [0.25, 0.3) is 0 Å². The highest BCUT2D eigenvalue weighted by molar-refractivity contribution is 7.89. The van der Waals surface area contributed by atoms with E-state index in [0.717, 1.165) is 5.56 Å². The van der Waals surface area contributed by atoms with Crippen LogP contribution in [0.2, 0.25) is 5.02 Å². The van der Waals surface area contributed by atoms with Gasteiger partial charge in [0.1, 0.15) is 6.54 Å². The van der Waals surface area contributed by atoms with Crippen LogP contribution in [-0.4, -0.2) is 75.7 Å². The summed E-state index contributed by atoms with van der Waals surface area (Å²) in [6.07, 6.45) is 0. The Labute approximate surface area is 195 Å². The van der Waals surface area contributed by atoms with Crippen LogP contribution in [0.4, 0.5) is 0 Å². The summed E-state index contributed by atoms with van der Waals surface area (Å²) in [6.45, 7) is 2.17. The first-order valence-electron chi connectivity index (χ1n) is 10.2. The number of piperazine rings is 1. The Balaban J connectivity index is 1.35. The Hall–Kier alpha value is -3.15. The molecule has 0 bridgehead atoms. The first-order valence-corrected chi connectivity index (χ1v) is 12.0. The van der Waals surface area contributed by atoms with Crippen molar-refractivity contribution in [3.05, 3.63) is 59.1 Å². The number of nitrogens with zero attached hydrogens (tertiary/aromatic N) is 6. The zero-order chi connectivity index (χ0) is 23.6. The number of rotatable bonds is 6. The van der Waals surface area contributed by atoms with Crippen LogP contribution in [0, 0.1) is 0 Å². The van der Waals surface area contributed by atoms with Crippen molar-refractivity contribution < 1.29 is 18.0 Å². The molecule has 0 saturated carbocycles. The molecular formula is C21H21ClN6O4S. The van der Waals surface area contributed by atoms with Crippen molar-refractivity contribution in [3.63, 3.8) is 0 Å². The molecule has 0 aliphatic carbocycles. The summed E-state index contributed by atoms with van der Waals surface area (Å²) in [5, 5.41) is 12.7. The molecule has 2 aromatic carbocycles. The van der Waals surface area contributed by atoms with E-state index in [-0.39, 0.29) is 49.3 Å². The summed E-state index contributed by atoms with van der Waals surface area (Å²) in [4.78, 5) is 27.0. The van der Waals surface area contributed by atoms with E-state index in [1.54, 1.807) is 29.2 Å². The van der Waals surface area contributed by atoms with Gasteiger partial charge in [0.15, 0.2) is 5.78 Å². The van der Waals surface area contributed by atoms with Crippen LogP contribution < -0.4 is 0 Å². The fourth-order valence-corrected chi connectivity index (χ4v) is 4.98. The second-order valence-corrected chi connectivity index (χ2v) is 9.89. The van der Waals surface area contributed by atoms with Crippen LogP contribution in [-0.2, 0) is 21.4 Å². The van der Waals surface area contributed by atoms with E-state index in [2.05, 4.69) is 15.4 Å². The van der Waals surface area contributed by atoms with Crippen molar-refractivity contribution >= 4 is 33.3 Å². The molecule has 33 heavy (non-hydrogen) atoms. The number of ketones is 1. The maximum atomic E-state index is 12.9. The maximum Gasteiger partial charge on any atom is 0.246 e. The van der Waals surface area contributed by atoms with Gasteiger partial charge in [-0.1, -0.05) is 23.7 Å². The number of halogens is 1. The van der Waals surface area contributed by atoms with Crippen LogP contribution in [0.3, 0.4) is 0 Å². The Kier molecular flexibility index (Phi) is 6.54. The molecule has 1 aliphatic rings. The van der Waals surface area contributed by atoms with Crippen molar-refractivity contribution in [1.29, 1.82) is 0 Å². The monoisotopic (exact) mass is 488 g/mol. The topological polar surface area (TPSA) is 118 Å². The standard InChI is InChI=1S/C21H21ClN6O4S/c1-15(29)16-4-8-19(9-5-16)33(31,32)27-12-10-26(11-13-27)20(30)14-28-24-21(23-25-28)17-2-6-18(22)7-3-17/h2-9H,10-14H2,1H3. The van der Waals surface area contributed by atoms with Gasteiger partial charge in [0, 0.05) is 42.3 Å². The first kappa shape index (κ1) is 23.0. The molecule has 2 heterocycles. The minimum atomic E-state index is -3.71. The van der Waals surface area contributed by atoms with Gasteiger partial charge in [-0.25, -0.2) is 8.42 Å². The average molecular weight is 489 g/mol. The predicted molar refractivity (Wildman–Crippen MR) is 120 cm³/mol. The predicted octanol–water partition coefficient (Wildman–Crippen LogP) is 1.73. The van der Waals surface area contributed by atoms with Crippen molar-refractivity contribution in [2.24, 2.45) is 0 Å². The number of benzene rings is 2. The Bertz CT molecular complexity index is 1270. The molecule has 4 rings (SSSR count). The van der Waals surface area contributed by atoms with Gasteiger partial charge in [-0.2, -0.15) is 9.10 Å². The van der Waals surface area contributed by atoms with Crippen molar-refractivity contribution in [1.82, 2.24) is 29.4 Å². The summed E-state index contributed by atoms with van der Waals surface area (Å²) < 4.78 is 27.1. The lowest BCUT2D eigenvalue weighted by Gasteiger charge is -2.33. The highest BCUT2D eigenvalue weighted by Crippen LogP contribution is 2.19. The van der Waals surface area contributed by atoms with Gasteiger partial charge in [-0.15, -0.1) is 10.2 Å².